The zero-order chi connectivity index (χ0) is 21.4. The molecule has 2 aromatic rings. The van der Waals surface area contributed by atoms with Crippen molar-refractivity contribution in [3.63, 3.8) is 0 Å². The summed E-state index contributed by atoms with van der Waals surface area (Å²) in [6.45, 7) is 4.33. The van der Waals surface area contributed by atoms with Crippen LogP contribution < -0.4 is 19.1 Å². The van der Waals surface area contributed by atoms with Crippen LogP contribution in [0.3, 0.4) is 0 Å². The Balaban J connectivity index is 2.34. The van der Waals surface area contributed by atoms with Crippen molar-refractivity contribution in [2.45, 2.75) is 20.3 Å². The van der Waals surface area contributed by atoms with E-state index in [1.165, 1.54) is 13.2 Å². The van der Waals surface area contributed by atoms with Gasteiger partial charge < -0.3 is 19.1 Å². The largest absolute Gasteiger partial charge is 0.493 e. The fraction of sp³-hybridized carbons (Fsp3) is 0.304. The summed E-state index contributed by atoms with van der Waals surface area (Å²) in [5, 5.41) is 8.97. The lowest BCUT2D eigenvalue weighted by molar-refractivity contribution is -0.114. The molecule has 152 valence electrons. The number of aryl methyl sites for hydroxylation is 2. The van der Waals surface area contributed by atoms with E-state index in [4.69, 9.17) is 19.5 Å². The van der Waals surface area contributed by atoms with Gasteiger partial charge in [-0.15, -0.1) is 0 Å². The summed E-state index contributed by atoms with van der Waals surface area (Å²) in [5.74, 6) is 1.30. The molecule has 0 aromatic heterocycles. The lowest BCUT2D eigenvalue weighted by atomic mass is 10.1. The van der Waals surface area contributed by atoms with Crippen LogP contribution in [-0.4, -0.2) is 33.8 Å². The third kappa shape index (κ3) is 5.29. The van der Waals surface area contributed by atoms with E-state index in [1.54, 1.807) is 37.3 Å². The molecule has 0 N–H and O–H groups in total. The van der Waals surface area contributed by atoms with Gasteiger partial charge >= 0.3 is 0 Å². The maximum Gasteiger partial charge on any atom is 0.251 e. The van der Waals surface area contributed by atoms with E-state index < -0.39 is 0 Å². The van der Waals surface area contributed by atoms with Crippen molar-refractivity contribution in [1.29, 1.82) is 5.26 Å². The van der Waals surface area contributed by atoms with Crippen molar-refractivity contribution < 1.29 is 19.0 Å². The first kappa shape index (κ1) is 21.8. The Morgan fingerprint density at radius 1 is 1.03 bits per heavy atom. The highest BCUT2D eigenvalue weighted by Gasteiger charge is 2.15. The summed E-state index contributed by atoms with van der Waals surface area (Å²) < 4.78 is 16.0. The Morgan fingerprint density at radius 3 is 2.21 bits per heavy atom. The monoisotopic (exact) mass is 394 g/mol. The number of hydrogen-bond acceptors (Lipinski definition) is 5. The van der Waals surface area contributed by atoms with Crippen LogP contribution >= 0.6 is 0 Å². The van der Waals surface area contributed by atoms with E-state index >= 15 is 0 Å². The smallest absolute Gasteiger partial charge is 0.251 e. The number of carbonyl (C=O) groups excluding carboxylic acids is 1. The van der Waals surface area contributed by atoms with Crippen LogP contribution in [-0.2, 0) is 4.79 Å². The standard InChI is InChI=1S/C23H26N2O4/c1-16-7-9-19(13-17(16)2)25(12-6-11-24)22(26)10-8-18-14-20(27-3)23(29-5)21(15-18)28-4/h7-10,13-15H,6,12H2,1-5H3. The summed E-state index contributed by atoms with van der Waals surface area (Å²) in [6.07, 6.45) is 3.41. The number of methoxy groups -OCH3 is 3. The predicted octanol–water partition coefficient (Wildman–Crippen LogP) is 4.29. The van der Waals surface area contributed by atoms with Gasteiger partial charge in [-0.25, -0.2) is 0 Å². The van der Waals surface area contributed by atoms with Crippen molar-refractivity contribution in [3.8, 4) is 23.3 Å². The van der Waals surface area contributed by atoms with Gasteiger partial charge in [-0.3, -0.25) is 4.79 Å². The number of ether oxygens (including phenoxy) is 3. The summed E-state index contributed by atoms with van der Waals surface area (Å²) in [6, 6.07) is 11.5. The molecule has 0 radical (unpaired) electrons. The average Bonchev–Trinajstić information content (AvgIpc) is 2.73. The predicted molar refractivity (Wildman–Crippen MR) is 114 cm³/mol. The molecule has 0 aliphatic rings. The molecule has 1 amide bonds. The first-order chi connectivity index (χ1) is 13.9. The summed E-state index contributed by atoms with van der Waals surface area (Å²) in [4.78, 5) is 14.5. The molecule has 0 bridgehead atoms. The number of anilines is 1. The first-order valence-electron chi connectivity index (χ1n) is 9.19. The molecule has 0 unspecified atom stereocenters. The number of carbonyl (C=O) groups is 1. The molecule has 0 saturated carbocycles. The van der Waals surface area contributed by atoms with E-state index in [0.29, 0.717) is 23.8 Å². The van der Waals surface area contributed by atoms with Gasteiger partial charge in [0.05, 0.1) is 33.8 Å². The third-order valence-electron chi connectivity index (χ3n) is 4.62. The zero-order valence-electron chi connectivity index (χ0n) is 17.5. The number of rotatable bonds is 8. The molecule has 0 aliphatic heterocycles. The summed E-state index contributed by atoms with van der Waals surface area (Å²) in [7, 11) is 4.62. The lowest BCUT2D eigenvalue weighted by Crippen LogP contribution is -2.30. The normalized spacial score (nSPS) is 10.5. The number of amides is 1. The highest BCUT2D eigenvalue weighted by atomic mass is 16.5. The van der Waals surface area contributed by atoms with E-state index in [0.717, 1.165) is 22.4 Å². The molecular formula is C23H26N2O4. The highest BCUT2D eigenvalue weighted by Crippen LogP contribution is 2.38. The Morgan fingerprint density at radius 2 is 1.69 bits per heavy atom. The van der Waals surface area contributed by atoms with Crippen LogP contribution in [0.1, 0.15) is 23.1 Å². The van der Waals surface area contributed by atoms with Crippen molar-refractivity contribution in [2.24, 2.45) is 0 Å². The highest BCUT2D eigenvalue weighted by molar-refractivity contribution is 6.04. The van der Waals surface area contributed by atoms with Crippen molar-refractivity contribution >= 4 is 17.7 Å². The number of nitriles is 1. The molecule has 0 heterocycles. The van der Waals surface area contributed by atoms with Crippen molar-refractivity contribution in [3.05, 3.63) is 53.1 Å². The second-order valence-corrected chi connectivity index (χ2v) is 6.46. The van der Waals surface area contributed by atoms with Gasteiger partial charge in [0.25, 0.3) is 5.91 Å². The Bertz CT molecular complexity index is 919. The maximum atomic E-state index is 12.9. The van der Waals surface area contributed by atoms with E-state index in [2.05, 4.69) is 6.07 Å². The molecule has 0 saturated heterocycles. The molecule has 0 spiro atoms. The van der Waals surface area contributed by atoms with Gasteiger partial charge in [0.15, 0.2) is 11.5 Å². The molecular weight excluding hydrogens is 368 g/mol. The summed E-state index contributed by atoms with van der Waals surface area (Å²) >= 11 is 0. The van der Waals surface area contributed by atoms with Crippen LogP contribution in [0.2, 0.25) is 0 Å². The molecule has 0 aliphatic carbocycles. The van der Waals surface area contributed by atoms with Crippen LogP contribution in [0, 0.1) is 25.2 Å². The minimum atomic E-state index is -0.211. The van der Waals surface area contributed by atoms with Crippen LogP contribution in [0.15, 0.2) is 36.4 Å². The van der Waals surface area contributed by atoms with Gasteiger partial charge in [-0.05, 0) is 60.9 Å². The first-order valence-corrected chi connectivity index (χ1v) is 9.19. The van der Waals surface area contributed by atoms with Gasteiger partial charge in [-0.1, -0.05) is 6.07 Å². The average molecular weight is 394 g/mol. The van der Waals surface area contributed by atoms with Gasteiger partial charge in [0, 0.05) is 18.3 Å². The van der Waals surface area contributed by atoms with Gasteiger partial charge in [0.2, 0.25) is 5.75 Å². The van der Waals surface area contributed by atoms with E-state index in [-0.39, 0.29) is 12.3 Å². The minimum Gasteiger partial charge on any atom is -0.493 e. The van der Waals surface area contributed by atoms with Crippen molar-refractivity contribution in [2.75, 3.05) is 32.8 Å². The second-order valence-electron chi connectivity index (χ2n) is 6.46. The molecule has 0 atom stereocenters. The number of nitrogens with zero attached hydrogens (tertiary/aromatic N) is 2. The Hall–Kier alpha value is -3.46. The fourth-order valence-corrected chi connectivity index (χ4v) is 2.88. The SMILES string of the molecule is COc1cc(C=CC(=O)N(CCC#N)c2ccc(C)c(C)c2)cc(OC)c1OC. The lowest BCUT2D eigenvalue weighted by Gasteiger charge is -2.21. The Labute approximate surface area is 171 Å². The second kappa shape index (κ2) is 10.2. The molecule has 29 heavy (non-hydrogen) atoms. The molecule has 6 heteroatoms. The minimum absolute atomic E-state index is 0.211. The Kier molecular flexibility index (Phi) is 7.67. The molecule has 6 nitrogen and oxygen atoms in total. The van der Waals surface area contributed by atoms with Gasteiger partial charge in [-0.2, -0.15) is 5.26 Å². The van der Waals surface area contributed by atoms with E-state index in [9.17, 15) is 4.79 Å². The van der Waals surface area contributed by atoms with Crippen LogP contribution in [0.25, 0.3) is 6.08 Å². The van der Waals surface area contributed by atoms with Crippen LogP contribution in [0.4, 0.5) is 5.69 Å². The molecule has 2 aromatic carbocycles. The van der Waals surface area contributed by atoms with Crippen LogP contribution in [0.5, 0.6) is 17.2 Å². The maximum absolute atomic E-state index is 12.9. The zero-order valence-corrected chi connectivity index (χ0v) is 17.5. The number of hydrogen-bond donors (Lipinski definition) is 0. The summed E-state index contributed by atoms with van der Waals surface area (Å²) in [5.41, 5.74) is 3.73. The topological polar surface area (TPSA) is 71.8 Å². The van der Waals surface area contributed by atoms with Gasteiger partial charge in [0.1, 0.15) is 0 Å². The quantitative estimate of drug-likeness (QED) is 0.625. The molecule has 2 rings (SSSR count). The molecule has 0 fully saturated rings. The van der Waals surface area contributed by atoms with Crippen molar-refractivity contribution in [1.82, 2.24) is 0 Å². The fourth-order valence-electron chi connectivity index (χ4n) is 2.88. The number of benzene rings is 2. The van der Waals surface area contributed by atoms with E-state index in [1.807, 2.05) is 32.0 Å². The third-order valence-corrected chi connectivity index (χ3v) is 4.62.